The van der Waals surface area contributed by atoms with E-state index in [-0.39, 0.29) is 10.2 Å². The number of sulfonamides is 1. The van der Waals surface area contributed by atoms with Crippen LogP contribution in [0.15, 0.2) is 64.2 Å². The monoisotopic (exact) mass is 490 g/mol. The normalized spacial score (nSPS) is 12.0. The van der Waals surface area contributed by atoms with Gasteiger partial charge in [-0.25, -0.2) is 13.1 Å². The fourth-order valence-electron chi connectivity index (χ4n) is 2.47. The number of nitrogens with one attached hydrogen (secondary N) is 1. The zero-order valence-electron chi connectivity index (χ0n) is 14.1. The van der Waals surface area contributed by atoms with Crippen molar-refractivity contribution in [1.29, 1.82) is 0 Å². The third-order valence-electron chi connectivity index (χ3n) is 3.73. The summed E-state index contributed by atoms with van der Waals surface area (Å²) in [6, 6.07) is 7.14. The zero-order valence-corrected chi connectivity index (χ0v) is 16.5. The Morgan fingerprint density at radius 3 is 2.48 bits per heavy atom. The van der Waals surface area contributed by atoms with Crippen LogP contribution < -0.4 is 4.72 Å². The fourth-order valence-corrected chi connectivity index (χ4v) is 4.03. The number of benzene rings is 2. The maximum atomic E-state index is 13.1. The van der Waals surface area contributed by atoms with Crippen molar-refractivity contribution in [1.82, 2.24) is 9.78 Å². The van der Waals surface area contributed by atoms with Crippen LogP contribution in [0.2, 0.25) is 0 Å². The molecule has 152 valence electrons. The molecule has 0 aliphatic heterocycles. The Kier molecular flexibility index (Phi) is 5.36. The molecule has 1 aromatic heterocycles. The molecular weight excluding hydrogens is 481 g/mol. The molecule has 0 unspecified atom stereocenters. The lowest BCUT2D eigenvalue weighted by Gasteiger charge is -2.15. The first-order valence-electron chi connectivity index (χ1n) is 7.67. The van der Waals surface area contributed by atoms with Crippen molar-refractivity contribution in [2.45, 2.75) is 11.1 Å². The van der Waals surface area contributed by atoms with Gasteiger partial charge in [-0.05, 0) is 36.4 Å². The van der Waals surface area contributed by atoms with Crippen molar-refractivity contribution in [3.8, 4) is 5.69 Å². The predicted octanol–water partition coefficient (Wildman–Crippen LogP) is 4.36. The van der Waals surface area contributed by atoms with Gasteiger partial charge in [-0.2, -0.15) is 18.3 Å². The molecule has 1 N–H and O–H groups in total. The molecule has 0 spiro atoms. The molecule has 13 heteroatoms. The van der Waals surface area contributed by atoms with Gasteiger partial charge >= 0.3 is 6.18 Å². The molecule has 3 aromatic rings. The number of nitro groups is 1. The van der Waals surface area contributed by atoms with Crippen LogP contribution in [0, 0.1) is 10.1 Å². The zero-order chi connectivity index (χ0) is 21.4. The highest BCUT2D eigenvalue weighted by Crippen LogP contribution is 2.35. The Morgan fingerprint density at radius 1 is 1.17 bits per heavy atom. The van der Waals surface area contributed by atoms with Gasteiger partial charge in [-0.15, -0.1) is 0 Å². The standard InChI is InChI=1S/C16H10BrF3N4O4S/c17-11-3-5-15(14(9-11)24(25)26)29(27,28)22-12-8-10(16(18,19)20)2-4-13(12)23-7-1-6-21-23/h1-9,22H. The Bertz CT molecular complexity index is 1180. The second kappa shape index (κ2) is 7.48. The van der Waals surface area contributed by atoms with Gasteiger partial charge in [0.05, 0.1) is 21.9 Å². The van der Waals surface area contributed by atoms with E-state index in [1.165, 1.54) is 24.5 Å². The summed E-state index contributed by atoms with van der Waals surface area (Å²) in [5.41, 5.74) is -2.28. The molecule has 29 heavy (non-hydrogen) atoms. The minimum absolute atomic E-state index is 0.00587. The number of rotatable bonds is 5. The van der Waals surface area contributed by atoms with E-state index >= 15 is 0 Å². The van der Waals surface area contributed by atoms with E-state index in [1.807, 2.05) is 4.72 Å². The summed E-state index contributed by atoms with van der Waals surface area (Å²) >= 11 is 3.01. The molecule has 0 atom stereocenters. The smallest absolute Gasteiger partial charge is 0.277 e. The Balaban J connectivity index is 2.15. The lowest BCUT2D eigenvalue weighted by Crippen LogP contribution is -2.17. The predicted molar refractivity (Wildman–Crippen MR) is 100 cm³/mol. The van der Waals surface area contributed by atoms with Gasteiger partial charge in [-0.1, -0.05) is 15.9 Å². The van der Waals surface area contributed by atoms with Crippen molar-refractivity contribution in [2.24, 2.45) is 0 Å². The molecule has 3 rings (SSSR count). The molecule has 0 bridgehead atoms. The first-order chi connectivity index (χ1) is 13.5. The number of anilines is 1. The van der Waals surface area contributed by atoms with Crippen LogP contribution in [0.1, 0.15) is 5.56 Å². The summed E-state index contributed by atoms with van der Waals surface area (Å²) < 4.78 is 68.3. The first-order valence-corrected chi connectivity index (χ1v) is 9.95. The van der Waals surface area contributed by atoms with Gasteiger partial charge in [0.15, 0.2) is 4.90 Å². The number of nitro benzene ring substituents is 1. The topological polar surface area (TPSA) is 107 Å². The maximum absolute atomic E-state index is 13.1. The van der Waals surface area contributed by atoms with Gasteiger partial charge in [0, 0.05) is 22.9 Å². The molecule has 0 aliphatic rings. The fraction of sp³-hybridized carbons (Fsp3) is 0.0625. The molecule has 0 saturated heterocycles. The summed E-state index contributed by atoms with van der Waals surface area (Å²) in [7, 11) is -4.60. The summed E-state index contributed by atoms with van der Waals surface area (Å²) in [6.45, 7) is 0. The van der Waals surface area contributed by atoms with E-state index in [0.717, 1.165) is 28.9 Å². The van der Waals surface area contributed by atoms with Crippen LogP contribution in [0.3, 0.4) is 0 Å². The number of halogens is 4. The van der Waals surface area contributed by atoms with Crippen LogP contribution in [-0.2, 0) is 16.2 Å². The van der Waals surface area contributed by atoms with Gasteiger partial charge in [0.1, 0.15) is 0 Å². The summed E-state index contributed by atoms with van der Waals surface area (Å²) in [6.07, 6.45) is -1.97. The highest BCUT2D eigenvalue weighted by molar-refractivity contribution is 9.10. The average molecular weight is 491 g/mol. The molecule has 0 fully saturated rings. The molecule has 0 saturated carbocycles. The van der Waals surface area contributed by atoms with E-state index in [4.69, 9.17) is 0 Å². The molecule has 2 aromatic carbocycles. The van der Waals surface area contributed by atoms with Gasteiger partial charge < -0.3 is 0 Å². The van der Waals surface area contributed by atoms with E-state index < -0.39 is 43.0 Å². The number of hydrogen-bond acceptors (Lipinski definition) is 5. The van der Waals surface area contributed by atoms with Crippen molar-refractivity contribution >= 4 is 37.3 Å². The van der Waals surface area contributed by atoms with E-state index in [1.54, 1.807) is 0 Å². The quantitative estimate of drug-likeness (QED) is 0.422. The van der Waals surface area contributed by atoms with Crippen LogP contribution in [0.5, 0.6) is 0 Å². The second-order valence-electron chi connectivity index (χ2n) is 5.65. The Hall–Kier alpha value is -2.93. The molecule has 1 heterocycles. The van der Waals surface area contributed by atoms with Crippen molar-refractivity contribution < 1.29 is 26.5 Å². The summed E-state index contributed by atoms with van der Waals surface area (Å²) in [5.74, 6) is 0. The van der Waals surface area contributed by atoms with Crippen molar-refractivity contribution in [3.63, 3.8) is 0 Å². The molecule has 0 radical (unpaired) electrons. The number of nitrogens with zero attached hydrogens (tertiary/aromatic N) is 3. The lowest BCUT2D eigenvalue weighted by atomic mass is 10.1. The molecule has 0 aliphatic carbocycles. The summed E-state index contributed by atoms with van der Waals surface area (Å²) in [5, 5.41) is 15.1. The van der Waals surface area contributed by atoms with Crippen LogP contribution in [-0.4, -0.2) is 23.1 Å². The summed E-state index contributed by atoms with van der Waals surface area (Å²) in [4.78, 5) is 9.64. The van der Waals surface area contributed by atoms with Crippen LogP contribution >= 0.6 is 15.9 Å². The van der Waals surface area contributed by atoms with Crippen molar-refractivity contribution in [2.75, 3.05) is 4.72 Å². The Labute approximate surface area is 170 Å². The number of aromatic nitrogens is 2. The number of hydrogen-bond donors (Lipinski definition) is 1. The minimum Gasteiger partial charge on any atom is -0.277 e. The lowest BCUT2D eigenvalue weighted by molar-refractivity contribution is -0.387. The highest BCUT2D eigenvalue weighted by Gasteiger charge is 2.33. The SMILES string of the molecule is O=[N+]([O-])c1cc(Br)ccc1S(=O)(=O)Nc1cc(C(F)(F)F)ccc1-n1cccn1. The third kappa shape index (κ3) is 4.40. The Morgan fingerprint density at radius 2 is 1.90 bits per heavy atom. The van der Waals surface area contributed by atoms with E-state index in [0.29, 0.717) is 6.07 Å². The molecule has 0 amide bonds. The van der Waals surface area contributed by atoms with Crippen LogP contribution in [0.4, 0.5) is 24.5 Å². The van der Waals surface area contributed by atoms with Crippen molar-refractivity contribution in [3.05, 3.63) is 75.0 Å². The number of alkyl halides is 3. The van der Waals surface area contributed by atoms with Gasteiger partial charge in [-0.3, -0.25) is 14.8 Å². The van der Waals surface area contributed by atoms with Crippen LogP contribution in [0.25, 0.3) is 5.69 Å². The average Bonchev–Trinajstić information content (AvgIpc) is 3.14. The third-order valence-corrected chi connectivity index (χ3v) is 5.63. The van der Waals surface area contributed by atoms with Gasteiger partial charge in [0.2, 0.25) is 0 Å². The molecule has 8 nitrogen and oxygen atoms in total. The molecular formula is C16H10BrF3N4O4S. The second-order valence-corrected chi connectivity index (χ2v) is 8.22. The van der Waals surface area contributed by atoms with E-state index in [2.05, 4.69) is 21.0 Å². The highest BCUT2D eigenvalue weighted by atomic mass is 79.9. The maximum Gasteiger partial charge on any atom is 0.416 e. The minimum atomic E-state index is -4.73. The largest absolute Gasteiger partial charge is 0.416 e. The first kappa shape index (κ1) is 20.8. The van der Waals surface area contributed by atoms with E-state index in [9.17, 15) is 31.7 Å². The van der Waals surface area contributed by atoms with Gasteiger partial charge in [0.25, 0.3) is 15.7 Å².